The van der Waals surface area contributed by atoms with Crippen molar-refractivity contribution >= 4 is 28.3 Å². The van der Waals surface area contributed by atoms with Crippen LogP contribution in [0.5, 0.6) is 17.2 Å². The highest BCUT2D eigenvalue weighted by Gasteiger charge is 2.17. The average Bonchev–Trinajstić information content (AvgIpc) is 3.42. The lowest BCUT2D eigenvalue weighted by Crippen LogP contribution is -2.27. The van der Waals surface area contributed by atoms with Crippen LogP contribution in [0.1, 0.15) is 21.6 Å². The Labute approximate surface area is 183 Å². The number of rotatable bonds is 8. The number of anilines is 1. The monoisotopic (exact) mass is 439 g/mol. The molecule has 1 aliphatic rings. The lowest BCUT2D eigenvalue weighted by Gasteiger charge is -2.06. The smallest absolute Gasteiger partial charge is 0.257 e. The summed E-state index contributed by atoms with van der Waals surface area (Å²) in [6.07, 6.45) is 0.853. The van der Waals surface area contributed by atoms with Crippen molar-refractivity contribution < 1.29 is 23.8 Å². The molecular formula is C22H21N3O5S. The van der Waals surface area contributed by atoms with E-state index in [2.05, 4.69) is 15.6 Å². The van der Waals surface area contributed by atoms with Crippen molar-refractivity contribution in [1.82, 2.24) is 10.3 Å². The molecule has 0 atom stereocenters. The lowest BCUT2D eigenvalue weighted by molar-refractivity contribution is -0.120. The van der Waals surface area contributed by atoms with Gasteiger partial charge in [0.2, 0.25) is 12.7 Å². The Balaban J connectivity index is 1.25. The summed E-state index contributed by atoms with van der Waals surface area (Å²) in [5.41, 5.74) is 2.13. The number of thiazole rings is 1. The first-order valence-corrected chi connectivity index (χ1v) is 10.5. The van der Waals surface area contributed by atoms with Crippen molar-refractivity contribution in [1.29, 1.82) is 0 Å². The van der Waals surface area contributed by atoms with Gasteiger partial charge in [-0.15, -0.1) is 11.3 Å². The van der Waals surface area contributed by atoms with Crippen molar-refractivity contribution in [2.24, 2.45) is 0 Å². The SMILES string of the molecule is COc1cccc(CCNC(=O)Cc2csc(NC(=O)c3ccc4c(c3)OCO4)n2)c1. The van der Waals surface area contributed by atoms with Gasteiger partial charge in [-0.25, -0.2) is 4.98 Å². The predicted octanol–water partition coefficient (Wildman–Crippen LogP) is 3.03. The summed E-state index contributed by atoms with van der Waals surface area (Å²) in [6.45, 7) is 0.668. The number of carbonyl (C=O) groups excluding carboxylic acids is 2. The second kappa shape index (κ2) is 9.48. The van der Waals surface area contributed by atoms with Crippen molar-refractivity contribution in [2.45, 2.75) is 12.8 Å². The normalized spacial score (nSPS) is 11.8. The molecule has 0 radical (unpaired) electrons. The summed E-state index contributed by atoms with van der Waals surface area (Å²) >= 11 is 1.27. The topological polar surface area (TPSA) is 98.8 Å². The number of methoxy groups -OCH3 is 1. The van der Waals surface area contributed by atoms with Gasteiger partial charge in [-0.1, -0.05) is 12.1 Å². The van der Waals surface area contributed by atoms with Crippen LogP contribution >= 0.6 is 11.3 Å². The predicted molar refractivity (Wildman–Crippen MR) is 116 cm³/mol. The summed E-state index contributed by atoms with van der Waals surface area (Å²) in [4.78, 5) is 29.0. The molecule has 2 amide bonds. The first-order chi connectivity index (χ1) is 15.1. The van der Waals surface area contributed by atoms with Gasteiger partial charge < -0.3 is 19.5 Å². The Morgan fingerprint density at radius 1 is 1.16 bits per heavy atom. The molecule has 9 heteroatoms. The molecule has 2 N–H and O–H groups in total. The Morgan fingerprint density at radius 2 is 2.03 bits per heavy atom. The van der Waals surface area contributed by atoms with E-state index in [-0.39, 0.29) is 25.0 Å². The third kappa shape index (κ3) is 5.32. The van der Waals surface area contributed by atoms with Crippen LogP contribution in [-0.2, 0) is 17.6 Å². The number of carbonyl (C=O) groups is 2. The lowest BCUT2D eigenvalue weighted by atomic mass is 10.1. The van der Waals surface area contributed by atoms with Gasteiger partial charge in [-0.3, -0.25) is 14.9 Å². The van der Waals surface area contributed by atoms with E-state index in [1.54, 1.807) is 30.7 Å². The van der Waals surface area contributed by atoms with Gasteiger partial charge in [0, 0.05) is 17.5 Å². The molecule has 8 nitrogen and oxygen atoms in total. The third-order valence-corrected chi connectivity index (χ3v) is 5.43. The number of aromatic nitrogens is 1. The molecule has 3 aromatic rings. The zero-order valence-electron chi connectivity index (χ0n) is 16.8. The molecule has 0 saturated carbocycles. The molecule has 4 rings (SSSR count). The molecule has 1 aliphatic heterocycles. The number of benzene rings is 2. The van der Waals surface area contributed by atoms with E-state index in [1.807, 2.05) is 24.3 Å². The van der Waals surface area contributed by atoms with Crippen LogP contribution < -0.4 is 24.8 Å². The second-order valence-corrected chi connectivity index (χ2v) is 7.65. The highest BCUT2D eigenvalue weighted by Crippen LogP contribution is 2.32. The average molecular weight is 439 g/mol. The summed E-state index contributed by atoms with van der Waals surface area (Å²) in [7, 11) is 1.63. The number of fused-ring (bicyclic) bond motifs is 1. The minimum atomic E-state index is -0.304. The molecule has 0 saturated heterocycles. The van der Waals surface area contributed by atoms with Crippen LogP contribution in [0.4, 0.5) is 5.13 Å². The van der Waals surface area contributed by atoms with E-state index in [0.717, 1.165) is 11.3 Å². The minimum Gasteiger partial charge on any atom is -0.497 e. The van der Waals surface area contributed by atoms with Gasteiger partial charge in [0.05, 0.1) is 19.2 Å². The summed E-state index contributed by atoms with van der Waals surface area (Å²) < 4.78 is 15.7. The fourth-order valence-electron chi connectivity index (χ4n) is 3.05. The van der Waals surface area contributed by atoms with Crippen LogP contribution in [0.2, 0.25) is 0 Å². The second-order valence-electron chi connectivity index (χ2n) is 6.79. The molecule has 0 aliphatic carbocycles. The van der Waals surface area contributed by atoms with Gasteiger partial charge in [0.15, 0.2) is 16.6 Å². The van der Waals surface area contributed by atoms with Crippen molar-refractivity contribution in [3.05, 3.63) is 64.7 Å². The van der Waals surface area contributed by atoms with Crippen LogP contribution in [0.15, 0.2) is 47.8 Å². The van der Waals surface area contributed by atoms with Gasteiger partial charge in [-0.2, -0.15) is 0 Å². The number of hydrogen-bond acceptors (Lipinski definition) is 7. The van der Waals surface area contributed by atoms with E-state index in [1.165, 1.54) is 11.3 Å². The molecule has 31 heavy (non-hydrogen) atoms. The third-order valence-electron chi connectivity index (χ3n) is 4.62. The summed E-state index contributed by atoms with van der Waals surface area (Å²) in [6, 6.07) is 12.7. The largest absolute Gasteiger partial charge is 0.497 e. The highest BCUT2D eigenvalue weighted by atomic mass is 32.1. The fraction of sp³-hybridized carbons (Fsp3) is 0.227. The molecule has 160 valence electrons. The first kappa shape index (κ1) is 20.7. The van der Waals surface area contributed by atoms with Gasteiger partial charge in [-0.05, 0) is 42.3 Å². The van der Waals surface area contributed by atoms with Crippen LogP contribution in [-0.4, -0.2) is 37.2 Å². The molecule has 0 bridgehead atoms. The molecule has 2 heterocycles. The maximum atomic E-state index is 12.4. The molecule has 1 aromatic heterocycles. The van der Waals surface area contributed by atoms with Gasteiger partial charge >= 0.3 is 0 Å². The Morgan fingerprint density at radius 3 is 2.90 bits per heavy atom. The van der Waals surface area contributed by atoms with Crippen molar-refractivity contribution in [3.8, 4) is 17.2 Å². The summed E-state index contributed by atoms with van der Waals surface area (Å²) in [5, 5.41) is 7.83. The number of nitrogens with one attached hydrogen (secondary N) is 2. The van der Waals surface area contributed by atoms with E-state index in [4.69, 9.17) is 14.2 Å². The zero-order chi connectivity index (χ0) is 21.6. The van der Waals surface area contributed by atoms with Crippen molar-refractivity contribution in [2.75, 3.05) is 25.8 Å². The van der Waals surface area contributed by atoms with E-state index < -0.39 is 0 Å². The quantitative estimate of drug-likeness (QED) is 0.560. The number of ether oxygens (including phenoxy) is 3. The molecule has 2 aromatic carbocycles. The molecule has 0 fully saturated rings. The molecular weight excluding hydrogens is 418 g/mol. The van der Waals surface area contributed by atoms with Crippen LogP contribution in [0, 0.1) is 0 Å². The first-order valence-electron chi connectivity index (χ1n) is 9.66. The van der Waals surface area contributed by atoms with E-state index >= 15 is 0 Å². The Bertz CT molecular complexity index is 1100. The Hall–Kier alpha value is -3.59. The maximum absolute atomic E-state index is 12.4. The van der Waals surface area contributed by atoms with E-state index in [9.17, 15) is 9.59 Å². The number of amides is 2. The minimum absolute atomic E-state index is 0.123. The number of hydrogen-bond donors (Lipinski definition) is 2. The fourth-order valence-corrected chi connectivity index (χ4v) is 3.76. The van der Waals surface area contributed by atoms with Gasteiger partial charge in [0.1, 0.15) is 5.75 Å². The maximum Gasteiger partial charge on any atom is 0.257 e. The van der Waals surface area contributed by atoms with E-state index in [0.29, 0.717) is 40.9 Å². The van der Waals surface area contributed by atoms with Crippen LogP contribution in [0.3, 0.4) is 0 Å². The standard InChI is InChI=1S/C22H21N3O5S/c1-28-17-4-2-3-14(9-17)7-8-23-20(26)11-16-12-31-22(24-16)25-21(27)15-5-6-18-19(10-15)30-13-29-18/h2-6,9-10,12H,7-8,11,13H2,1H3,(H,23,26)(H,24,25,27). The molecule has 0 unspecified atom stereocenters. The van der Waals surface area contributed by atoms with Gasteiger partial charge in [0.25, 0.3) is 5.91 Å². The van der Waals surface area contributed by atoms with Crippen LogP contribution in [0.25, 0.3) is 0 Å². The van der Waals surface area contributed by atoms with Crippen molar-refractivity contribution in [3.63, 3.8) is 0 Å². The highest BCUT2D eigenvalue weighted by molar-refractivity contribution is 7.14. The summed E-state index contributed by atoms with van der Waals surface area (Å²) in [5.74, 6) is 1.52. The zero-order valence-corrected chi connectivity index (χ0v) is 17.7. The Kier molecular flexibility index (Phi) is 6.32. The number of nitrogens with zero attached hydrogens (tertiary/aromatic N) is 1. The molecule has 0 spiro atoms.